The molecular formula is C14H12N2O3. The van der Waals surface area contributed by atoms with Crippen LogP contribution >= 0.6 is 0 Å². The molecule has 1 unspecified atom stereocenters. The molecule has 5 nitrogen and oxygen atoms in total. The minimum Gasteiger partial charge on any atom is -0.710 e. The van der Waals surface area contributed by atoms with Crippen molar-refractivity contribution >= 4 is 27.8 Å². The maximum Gasteiger partial charge on any atom is 0.349 e. The molecule has 0 aliphatic heterocycles. The van der Waals surface area contributed by atoms with Crippen LogP contribution in [0.25, 0.3) is 21.8 Å². The van der Waals surface area contributed by atoms with Crippen LogP contribution in [-0.4, -0.2) is 15.6 Å². The summed E-state index contributed by atoms with van der Waals surface area (Å²) in [5, 5.41) is 22.9. The lowest BCUT2D eigenvalue weighted by Crippen LogP contribution is -2.24. The fourth-order valence-corrected chi connectivity index (χ4v) is 2.34. The highest BCUT2D eigenvalue weighted by Crippen LogP contribution is 2.25. The van der Waals surface area contributed by atoms with Gasteiger partial charge >= 0.3 is 5.97 Å². The molecule has 96 valence electrons. The van der Waals surface area contributed by atoms with Gasteiger partial charge in [0.25, 0.3) is 0 Å². The van der Waals surface area contributed by atoms with Gasteiger partial charge in [0, 0.05) is 5.39 Å². The Hall–Kier alpha value is -2.56. The number of aliphatic carboxylic acids is 1. The summed E-state index contributed by atoms with van der Waals surface area (Å²) in [6.07, 6.45) is 1.29. The molecule has 1 N–H and O–H groups in total. The molecule has 1 aromatic heterocycles. The number of carboxylic acids is 1. The zero-order valence-corrected chi connectivity index (χ0v) is 10.3. The molecule has 0 amide bonds. The molecule has 0 radical (unpaired) electrons. The second-order valence-electron chi connectivity index (χ2n) is 4.52. The van der Waals surface area contributed by atoms with Crippen molar-refractivity contribution in [3.05, 3.63) is 47.9 Å². The Morgan fingerprint density at radius 1 is 1.32 bits per heavy atom. The standard InChI is InChI=1S/C14H12N2O3/c1-9(14(17)18)15-8-16(19)13-11-5-3-2-4-10(11)6-7-12(13)15/h2-9H,1H3,(H,17,18). The van der Waals surface area contributed by atoms with Crippen LogP contribution in [0, 0.1) is 5.21 Å². The van der Waals surface area contributed by atoms with E-state index in [9.17, 15) is 10.0 Å². The van der Waals surface area contributed by atoms with Crippen molar-refractivity contribution in [3.63, 3.8) is 0 Å². The molecule has 3 aromatic rings. The molecule has 0 spiro atoms. The van der Waals surface area contributed by atoms with Gasteiger partial charge in [-0.1, -0.05) is 18.2 Å². The first-order valence-electron chi connectivity index (χ1n) is 5.94. The van der Waals surface area contributed by atoms with Crippen molar-refractivity contribution in [2.75, 3.05) is 0 Å². The highest BCUT2D eigenvalue weighted by Gasteiger charge is 2.24. The summed E-state index contributed by atoms with van der Waals surface area (Å²) in [6.45, 7) is 1.55. The normalized spacial score (nSPS) is 12.9. The first-order chi connectivity index (χ1) is 9.09. The van der Waals surface area contributed by atoms with E-state index in [1.807, 2.05) is 30.3 Å². The van der Waals surface area contributed by atoms with Crippen LogP contribution in [0.2, 0.25) is 0 Å². The zero-order chi connectivity index (χ0) is 13.6. The fraction of sp³-hybridized carbons (Fsp3) is 0.143. The lowest BCUT2D eigenvalue weighted by atomic mass is 10.1. The van der Waals surface area contributed by atoms with Crippen molar-refractivity contribution in [3.8, 4) is 0 Å². The molecule has 0 aliphatic rings. The largest absolute Gasteiger partial charge is 0.710 e. The molecule has 0 saturated heterocycles. The lowest BCUT2D eigenvalue weighted by molar-refractivity contribution is -0.577. The smallest absolute Gasteiger partial charge is 0.349 e. The van der Waals surface area contributed by atoms with Gasteiger partial charge in [-0.25, -0.2) is 14.1 Å². The number of carbonyl (C=O) groups is 1. The Balaban J connectivity index is 2.40. The van der Waals surface area contributed by atoms with E-state index in [1.165, 1.54) is 10.9 Å². The predicted molar refractivity (Wildman–Crippen MR) is 70.8 cm³/mol. The van der Waals surface area contributed by atoms with Gasteiger partial charge < -0.3 is 10.3 Å². The topological polar surface area (TPSA) is 69.2 Å². The Morgan fingerprint density at radius 2 is 2.05 bits per heavy atom. The minimum absolute atomic E-state index is 0.506. The minimum atomic E-state index is -0.967. The van der Waals surface area contributed by atoms with Crippen molar-refractivity contribution in [1.82, 2.24) is 4.57 Å². The Bertz CT molecular complexity index is 792. The molecule has 19 heavy (non-hydrogen) atoms. The Labute approximate surface area is 108 Å². The fourth-order valence-electron chi connectivity index (χ4n) is 2.34. The van der Waals surface area contributed by atoms with Gasteiger partial charge in [-0.2, -0.15) is 0 Å². The third-order valence-corrected chi connectivity index (χ3v) is 3.38. The molecule has 5 heteroatoms. The van der Waals surface area contributed by atoms with Gasteiger partial charge in [-0.15, -0.1) is 0 Å². The Morgan fingerprint density at radius 3 is 2.79 bits per heavy atom. The molecule has 0 fully saturated rings. The van der Waals surface area contributed by atoms with E-state index < -0.39 is 12.0 Å². The van der Waals surface area contributed by atoms with Gasteiger partial charge in [0.1, 0.15) is 0 Å². The monoisotopic (exact) mass is 256 g/mol. The average molecular weight is 256 g/mol. The summed E-state index contributed by atoms with van der Waals surface area (Å²) < 4.78 is 2.22. The van der Waals surface area contributed by atoms with E-state index in [2.05, 4.69) is 0 Å². The number of hydrogen-bond donors (Lipinski definition) is 1. The molecule has 2 aromatic carbocycles. The van der Waals surface area contributed by atoms with Crippen LogP contribution in [0.3, 0.4) is 0 Å². The van der Waals surface area contributed by atoms with E-state index in [-0.39, 0.29) is 0 Å². The van der Waals surface area contributed by atoms with E-state index >= 15 is 0 Å². The molecule has 1 atom stereocenters. The number of rotatable bonds is 2. The van der Waals surface area contributed by atoms with Crippen LogP contribution in [0.1, 0.15) is 13.0 Å². The van der Waals surface area contributed by atoms with E-state index in [0.717, 1.165) is 15.5 Å². The van der Waals surface area contributed by atoms with Crippen LogP contribution in [-0.2, 0) is 4.79 Å². The van der Waals surface area contributed by atoms with Crippen molar-refractivity contribution in [2.45, 2.75) is 13.0 Å². The first-order valence-corrected chi connectivity index (χ1v) is 5.94. The van der Waals surface area contributed by atoms with Crippen LogP contribution < -0.4 is 4.73 Å². The number of fused-ring (bicyclic) bond motifs is 3. The van der Waals surface area contributed by atoms with Gasteiger partial charge in [0.15, 0.2) is 17.1 Å². The van der Waals surface area contributed by atoms with Gasteiger partial charge in [-0.3, -0.25) is 0 Å². The molecule has 0 aliphatic carbocycles. The number of hydrogen-bond acceptors (Lipinski definition) is 2. The third kappa shape index (κ3) is 1.62. The van der Waals surface area contributed by atoms with E-state index in [0.29, 0.717) is 11.0 Å². The van der Waals surface area contributed by atoms with E-state index in [4.69, 9.17) is 5.11 Å². The molecule has 3 rings (SSSR count). The third-order valence-electron chi connectivity index (χ3n) is 3.38. The van der Waals surface area contributed by atoms with Gasteiger partial charge in [0.05, 0.1) is 0 Å². The maximum atomic E-state index is 12.0. The molecule has 1 heterocycles. The average Bonchev–Trinajstić information content (AvgIpc) is 2.75. The summed E-state index contributed by atoms with van der Waals surface area (Å²) in [7, 11) is 0. The van der Waals surface area contributed by atoms with Crippen LogP contribution in [0.15, 0.2) is 42.7 Å². The number of nitrogens with zero attached hydrogens (tertiary/aromatic N) is 2. The maximum absolute atomic E-state index is 12.0. The summed E-state index contributed by atoms with van der Waals surface area (Å²) >= 11 is 0. The number of benzene rings is 2. The summed E-state index contributed by atoms with van der Waals surface area (Å²) in [5.74, 6) is -0.967. The van der Waals surface area contributed by atoms with E-state index in [1.54, 1.807) is 13.0 Å². The highest BCUT2D eigenvalue weighted by molar-refractivity contribution is 6.02. The van der Waals surface area contributed by atoms with Crippen molar-refractivity contribution in [1.29, 1.82) is 0 Å². The van der Waals surface area contributed by atoms with Crippen LogP contribution in [0.5, 0.6) is 0 Å². The molecule has 0 saturated carbocycles. The lowest BCUT2D eigenvalue weighted by Gasteiger charge is -2.03. The summed E-state index contributed by atoms with van der Waals surface area (Å²) in [4.78, 5) is 11.1. The SMILES string of the molecule is CC(C(=O)O)n1c[n+]([O-])c2c3ccccc3ccc21. The Kier molecular flexibility index (Phi) is 2.41. The van der Waals surface area contributed by atoms with Crippen LogP contribution in [0.4, 0.5) is 0 Å². The second kappa shape index (κ2) is 3.98. The molecular weight excluding hydrogens is 244 g/mol. The van der Waals surface area contributed by atoms with Gasteiger partial charge in [0.2, 0.25) is 6.33 Å². The van der Waals surface area contributed by atoms with Gasteiger partial charge in [-0.05, 0) is 30.5 Å². The zero-order valence-electron chi connectivity index (χ0n) is 10.3. The summed E-state index contributed by atoms with van der Waals surface area (Å²) in [6, 6.07) is 10.4. The quantitative estimate of drug-likeness (QED) is 0.563. The number of carboxylic acid groups (broad SMARTS) is 1. The number of aromatic nitrogens is 2. The predicted octanol–water partition coefficient (Wildman–Crippen LogP) is 2.07. The summed E-state index contributed by atoms with van der Waals surface area (Å²) in [5.41, 5.74) is 1.13. The van der Waals surface area contributed by atoms with Crippen molar-refractivity contribution in [2.24, 2.45) is 0 Å². The second-order valence-corrected chi connectivity index (χ2v) is 4.52. The highest BCUT2D eigenvalue weighted by atomic mass is 16.5. The number of imidazole rings is 1. The first kappa shape index (κ1) is 11.5. The molecule has 0 bridgehead atoms. The van der Waals surface area contributed by atoms with Crippen molar-refractivity contribution < 1.29 is 14.6 Å².